The predicted octanol–water partition coefficient (Wildman–Crippen LogP) is 1.17. The Balaban J connectivity index is 1.75. The summed E-state index contributed by atoms with van der Waals surface area (Å²) in [5, 5.41) is 14.1. The SMILES string of the molecule is CC(C)(C[C@@H]1c2c3c(nn2CC12CCNCC2)COC3)S(N)=O. The fourth-order valence-electron chi connectivity index (χ4n) is 4.61. The lowest BCUT2D eigenvalue weighted by molar-refractivity contribution is 0.130. The number of rotatable bonds is 3. The van der Waals surface area contributed by atoms with E-state index in [1.165, 1.54) is 11.3 Å². The van der Waals surface area contributed by atoms with Crippen LogP contribution in [0.1, 0.15) is 56.0 Å². The van der Waals surface area contributed by atoms with Gasteiger partial charge in [0.05, 0.1) is 34.6 Å². The maximum Gasteiger partial charge on any atom is 0.0945 e. The van der Waals surface area contributed by atoms with E-state index in [-0.39, 0.29) is 5.41 Å². The van der Waals surface area contributed by atoms with Crippen molar-refractivity contribution in [2.45, 2.75) is 63.5 Å². The van der Waals surface area contributed by atoms with E-state index < -0.39 is 15.7 Å². The first-order chi connectivity index (χ1) is 10.9. The molecule has 0 aromatic carbocycles. The van der Waals surface area contributed by atoms with Crippen LogP contribution in [0.3, 0.4) is 0 Å². The van der Waals surface area contributed by atoms with Gasteiger partial charge in [0.1, 0.15) is 0 Å². The van der Waals surface area contributed by atoms with Gasteiger partial charge in [-0.05, 0) is 46.2 Å². The van der Waals surface area contributed by atoms with Crippen LogP contribution in [-0.4, -0.2) is 31.8 Å². The molecule has 3 aliphatic rings. The average Bonchev–Trinajstić information content (AvgIpc) is 3.12. The summed E-state index contributed by atoms with van der Waals surface area (Å²) in [6.07, 6.45) is 3.13. The minimum atomic E-state index is -1.33. The van der Waals surface area contributed by atoms with Crippen molar-refractivity contribution >= 4 is 11.0 Å². The molecule has 4 heterocycles. The summed E-state index contributed by atoms with van der Waals surface area (Å²) >= 11 is 0. The average molecular weight is 338 g/mol. The van der Waals surface area contributed by atoms with E-state index in [2.05, 4.69) is 10.00 Å². The summed E-state index contributed by atoms with van der Waals surface area (Å²) in [6, 6.07) is 0. The number of nitrogens with one attached hydrogen (secondary N) is 1. The van der Waals surface area contributed by atoms with Crippen LogP contribution < -0.4 is 10.5 Å². The van der Waals surface area contributed by atoms with E-state index in [9.17, 15) is 4.21 Å². The van der Waals surface area contributed by atoms with Crippen LogP contribution in [0.2, 0.25) is 0 Å². The molecule has 1 fully saturated rings. The van der Waals surface area contributed by atoms with E-state index in [0.29, 0.717) is 19.1 Å². The monoisotopic (exact) mass is 338 g/mol. The second kappa shape index (κ2) is 5.37. The highest BCUT2D eigenvalue weighted by Gasteiger charge is 2.51. The highest BCUT2D eigenvalue weighted by atomic mass is 32.2. The van der Waals surface area contributed by atoms with Gasteiger partial charge in [0.25, 0.3) is 0 Å². The first-order valence-electron chi connectivity index (χ1n) is 8.46. The van der Waals surface area contributed by atoms with Gasteiger partial charge < -0.3 is 10.1 Å². The van der Waals surface area contributed by atoms with Crippen molar-refractivity contribution in [3.8, 4) is 0 Å². The smallest absolute Gasteiger partial charge is 0.0945 e. The summed E-state index contributed by atoms with van der Waals surface area (Å²) in [7, 11) is -1.33. The van der Waals surface area contributed by atoms with Crippen molar-refractivity contribution in [3.63, 3.8) is 0 Å². The Hall–Kier alpha value is -0.760. The van der Waals surface area contributed by atoms with E-state index in [0.717, 1.165) is 44.6 Å². The molecule has 1 aromatic rings. The van der Waals surface area contributed by atoms with Crippen molar-refractivity contribution in [2.24, 2.45) is 10.6 Å². The summed E-state index contributed by atoms with van der Waals surface area (Å²) in [6.45, 7) is 8.42. The summed E-state index contributed by atoms with van der Waals surface area (Å²) in [5.74, 6) is 0.366. The molecule has 128 valence electrons. The second-order valence-corrected chi connectivity index (χ2v) is 9.59. The standard InChI is InChI=1S/C16H26N4O2S/c1-15(2,23(17)21)7-12-14-11-8-22-9-13(11)19-20(14)10-16(12)3-5-18-6-4-16/h12,18H,3-10,17H2,1-2H3/t12-,23?/m1/s1. The maximum atomic E-state index is 12.0. The number of hydrogen-bond donors (Lipinski definition) is 2. The van der Waals surface area contributed by atoms with Gasteiger partial charge in [0, 0.05) is 29.1 Å². The van der Waals surface area contributed by atoms with E-state index in [4.69, 9.17) is 15.0 Å². The molecule has 1 spiro atoms. The number of nitrogens with zero attached hydrogens (tertiary/aromatic N) is 2. The molecule has 0 saturated carbocycles. The van der Waals surface area contributed by atoms with Gasteiger partial charge in [-0.15, -0.1) is 0 Å². The molecule has 0 radical (unpaired) electrons. The molecule has 3 aliphatic heterocycles. The maximum absolute atomic E-state index is 12.0. The summed E-state index contributed by atoms with van der Waals surface area (Å²) < 4.78 is 19.5. The Morgan fingerprint density at radius 1 is 1.43 bits per heavy atom. The molecule has 1 saturated heterocycles. The normalized spacial score (nSPS) is 27.2. The Bertz CT molecular complexity index is 649. The fourth-order valence-corrected chi connectivity index (χ4v) is 4.94. The van der Waals surface area contributed by atoms with Crippen molar-refractivity contribution in [1.29, 1.82) is 0 Å². The molecule has 0 amide bonds. The molecule has 2 atom stereocenters. The first-order valence-corrected chi connectivity index (χ1v) is 9.67. The molecular weight excluding hydrogens is 312 g/mol. The molecule has 3 N–H and O–H groups in total. The number of nitrogens with two attached hydrogens (primary N) is 1. The quantitative estimate of drug-likeness (QED) is 0.867. The largest absolute Gasteiger partial charge is 0.370 e. The molecule has 23 heavy (non-hydrogen) atoms. The van der Waals surface area contributed by atoms with Crippen molar-refractivity contribution in [1.82, 2.24) is 15.1 Å². The van der Waals surface area contributed by atoms with Crippen LogP contribution in [0.5, 0.6) is 0 Å². The highest BCUT2D eigenvalue weighted by Crippen LogP contribution is 2.54. The molecular formula is C16H26N4O2S. The van der Waals surface area contributed by atoms with E-state index in [1.807, 2.05) is 13.8 Å². The molecule has 0 aliphatic carbocycles. The van der Waals surface area contributed by atoms with Crippen molar-refractivity contribution < 1.29 is 8.95 Å². The zero-order valence-corrected chi connectivity index (χ0v) is 14.7. The number of piperidine rings is 1. The Morgan fingerprint density at radius 3 is 2.87 bits per heavy atom. The molecule has 4 rings (SSSR count). The lowest BCUT2D eigenvalue weighted by Crippen LogP contribution is -2.43. The lowest BCUT2D eigenvalue weighted by Gasteiger charge is -2.41. The third-order valence-electron chi connectivity index (χ3n) is 6.04. The van der Waals surface area contributed by atoms with Gasteiger partial charge in [-0.1, -0.05) is 0 Å². The van der Waals surface area contributed by atoms with Gasteiger partial charge >= 0.3 is 0 Å². The highest BCUT2D eigenvalue weighted by molar-refractivity contribution is 7.84. The van der Waals surface area contributed by atoms with Crippen LogP contribution in [0, 0.1) is 5.41 Å². The van der Waals surface area contributed by atoms with E-state index >= 15 is 0 Å². The Labute approximate surface area is 139 Å². The van der Waals surface area contributed by atoms with Crippen LogP contribution >= 0.6 is 0 Å². The van der Waals surface area contributed by atoms with E-state index in [1.54, 1.807) is 0 Å². The van der Waals surface area contributed by atoms with Crippen LogP contribution in [0.25, 0.3) is 0 Å². The fraction of sp³-hybridized carbons (Fsp3) is 0.812. The Morgan fingerprint density at radius 2 is 2.17 bits per heavy atom. The summed E-state index contributed by atoms with van der Waals surface area (Å²) in [5.41, 5.74) is 3.93. The zero-order chi connectivity index (χ0) is 16.2. The van der Waals surface area contributed by atoms with Gasteiger partial charge in [-0.25, -0.2) is 4.21 Å². The number of hydrogen-bond acceptors (Lipinski definition) is 4. The van der Waals surface area contributed by atoms with Gasteiger partial charge in [0.15, 0.2) is 0 Å². The molecule has 6 nitrogen and oxygen atoms in total. The predicted molar refractivity (Wildman–Crippen MR) is 89.0 cm³/mol. The third-order valence-corrected chi connectivity index (χ3v) is 7.29. The minimum absolute atomic E-state index is 0.224. The van der Waals surface area contributed by atoms with Crippen molar-refractivity contribution in [3.05, 3.63) is 17.0 Å². The second-order valence-electron chi connectivity index (χ2n) is 7.89. The van der Waals surface area contributed by atoms with Gasteiger partial charge in [-0.2, -0.15) is 5.10 Å². The topological polar surface area (TPSA) is 82.2 Å². The van der Waals surface area contributed by atoms with Gasteiger partial charge in [-0.3, -0.25) is 9.82 Å². The Kier molecular flexibility index (Phi) is 3.68. The van der Waals surface area contributed by atoms with Crippen molar-refractivity contribution in [2.75, 3.05) is 13.1 Å². The lowest BCUT2D eigenvalue weighted by atomic mass is 9.66. The molecule has 0 bridgehead atoms. The summed E-state index contributed by atoms with van der Waals surface area (Å²) in [4.78, 5) is 0. The number of fused-ring (bicyclic) bond motifs is 3. The number of aromatic nitrogens is 2. The van der Waals surface area contributed by atoms with Gasteiger partial charge in [0.2, 0.25) is 0 Å². The zero-order valence-electron chi connectivity index (χ0n) is 13.9. The van der Waals surface area contributed by atoms with Crippen LogP contribution in [0.15, 0.2) is 0 Å². The minimum Gasteiger partial charge on any atom is -0.370 e. The third kappa shape index (κ3) is 2.40. The van der Waals surface area contributed by atoms with Crippen LogP contribution in [0.4, 0.5) is 0 Å². The molecule has 1 unspecified atom stereocenters. The molecule has 1 aromatic heterocycles. The van der Waals surface area contributed by atoms with Crippen LogP contribution in [-0.2, 0) is 35.5 Å². The first kappa shape index (κ1) is 15.7. The number of ether oxygens (including phenoxy) is 1. The molecule has 7 heteroatoms.